The Labute approximate surface area is 424 Å². The number of allylic oxidation sites excluding steroid dienone is 2. The third-order valence-corrected chi connectivity index (χ3v) is 11.8. The molecule has 0 spiro atoms. The van der Waals surface area contributed by atoms with Gasteiger partial charge in [-0.05, 0) is 101 Å². The molecule has 19 heteroatoms. The van der Waals surface area contributed by atoms with Crippen molar-refractivity contribution in [3.63, 3.8) is 0 Å². The predicted octanol–water partition coefficient (Wildman–Crippen LogP) is 5.38. The maximum Gasteiger partial charge on any atom is 0.338 e. The molecule has 2 aliphatic rings. The zero-order valence-electron chi connectivity index (χ0n) is 42.1. The minimum Gasteiger partial charge on any atom is -0.478 e. The molecule has 0 unspecified atom stereocenters. The molecule has 2 aliphatic heterocycles. The van der Waals surface area contributed by atoms with Gasteiger partial charge in [0.2, 0.25) is 5.91 Å². The molecule has 0 aliphatic carbocycles. The van der Waals surface area contributed by atoms with Crippen LogP contribution >= 0.6 is 0 Å². The molecule has 4 bridgehead atoms. The summed E-state index contributed by atoms with van der Waals surface area (Å²) in [5.74, 6) is -4.21. The Balaban J connectivity index is 1.25. The van der Waals surface area contributed by atoms with E-state index < -0.39 is 46.4 Å². The Bertz CT molecular complexity index is 2870. The fourth-order valence-corrected chi connectivity index (χ4v) is 8.41. The summed E-state index contributed by atoms with van der Waals surface area (Å²) in [5, 5.41) is 24.8. The van der Waals surface area contributed by atoms with Gasteiger partial charge in [0.25, 0.3) is 17.7 Å². The lowest BCUT2D eigenvalue weighted by molar-refractivity contribution is -0.205. The summed E-state index contributed by atoms with van der Waals surface area (Å²) in [4.78, 5) is 105. The highest BCUT2D eigenvalue weighted by Crippen LogP contribution is 2.35. The highest BCUT2D eigenvalue weighted by atomic mass is 16.7. The molecule has 6 rings (SSSR count). The number of nitrogens with two attached hydrogens (primary N) is 1. The Morgan fingerprint density at radius 2 is 1.33 bits per heavy atom. The summed E-state index contributed by atoms with van der Waals surface area (Å²) in [6.45, 7) is 9.69. The van der Waals surface area contributed by atoms with Crippen LogP contribution in [-0.4, -0.2) is 114 Å². The van der Waals surface area contributed by atoms with Crippen LogP contribution in [0, 0.1) is 23.2 Å². The van der Waals surface area contributed by atoms with Crippen molar-refractivity contribution in [2.45, 2.75) is 79.9 Å². The molecule has 4 amide bonds. The van der Waals surface area contributed by atoms with Crippen molar-refractivity contribution >= 4 is 41.3 Å². The van der Waals surface area contributed by atoms with Crippen LogP contribution in [0.2, 0.25) is 0 Å². The van der Waals surface area contributed by atoms with Crippen LogP contribution in [0.25, 0.3) is 22.8 Å². The van der Waals surface area contributed by atoms with E-state index in [1.165, 1.54) is 12.2 Å². The molecular weight excluding hydrogens is 931 g/mol. The summed E-state index contributed by atoms with van der Waals surface area (Å²) in [6, 6.07) is 22.9. The normalized spacial score (nSPS) is 18.4. The van der Waals surface area contributed by atoms with E-state index in [1.54, 1.807) is 45.9 Å². The summed E-state index contributed by atoms with van der Waals surface area (Å²) >= 11 is 0. The van der Waals surface area contributed by atoms with Crippen molar-refractivity contribution in [3.05, 3.63) is 143 Å². The van der Waals surface area contributed by atoms with Gasteiger partial charge in [-0.15, -0.1) is 5.06 Å². The highest BCUT2D eigenvalue weighted by Gasteiger charge is 2.43. The van der Waals surface area contributed by atoms with E-state index >= 15 is 0 Å². The number of nitrogens with one attached hydrogen (secondary N) is 3. The zero-order valence-corrected chi connectivity index (χ0v) is 42.1. The van der Waals surface area contributed by atoms with E-state index in [2.05, 4.69) is 20.5 Å². The number of carbonyl (C=O) groups excluding carboxylic acids is 5. The average molecular weight is 994 g/mol. The van der Waals surface area contributed by atoms with Crippen molar-refractivity contribution in [3.8, 4) is 22.8 Å². The summed E-state index contributed by atoms with van der Waals surface area (Å²) in [6.07, 6.45) is 7.41. The van der Waals surface area contributed by atoms with Gasteiger partial charge < -0.3 is 31.7 Å². The fraction of sp³-hybridized carbons (Fsp3) is 0.352. The highest BCUT2D eigenvalue weighted by molar-refractivity contribution is 6.03. The van der Waals surface area contributed by atoms with E-state index in [9.17, 15) is 33.9 Å². The number of aryl methyl sites for hydroxylation is 1. The molecule has 382 valence electrons. The first kappa shape index (κ1) is 54.3. The van der Waals surface area contributed by atoms with E-state index in [-0.39, 0.29) is 68.7 Å². The first-order valence-corrected chi connectivity index (χ1v) is 23.9. The molecule has 6 N–H and O–H groups in total. The molecule has 19 nitrogen and oxygen atoms in total. The van der Waals surface area contributed by atoms with E-state index in [0.717, 1.165) is 28.5 Å². The molecule has 6 heterocycles. The lowest BCUT2D eigenvalue weighted by atomic mass is 9.74. The van der Waals surface area contributed by atoms with Gasteiger partial charge in [0.05, 0.1) is 50.8 Å². The Morgan fingerprint density at radius 1 is 0.740 bits per heavy atom. The van der Waals surface area contributed by atoms with Gasteiger partial charge in [-0.25, -0.2) is 24.5 Å². The first-order valence-electron chi connectivity index (χ1n) is 23.9. The standard InChI is InChI=1S/C54H63N11O8/c1-35-13-9-19-43(59-35)44-20-11-17-41(61-44)32-64-30-39(56)27-36(49(68)57-25-26-58-51(71)53(2,3)34-54(4,5)52(72)73-65-47(66)23-24-48(65)67)14-7-8-15-37(50(69)70)28-38(55)29-63(6)31-40-16-10-21-45(60-40)46-22-12-18-42(33-64)62-46/h8-22,27-28,55H,7,23-26,29-34,56H2,1-6H3,(H,57,68)(H,58,71)(H,69,70)/b15-8+,36-14+,37-28+,39-27-,55-38?. The monoisotopic (exact) mass is 993 g/mol. The number of carboxylic acid groups (broad SMARTS) is 1. The second-order valence-electron chi connectivity index (χ2n) is 19.4. The number of hydrogen-bond donors (Lipinski definition) is 5. The number of hydrogen-bond acceptors (Lipinski definition) is 15. The minimum atomic E-state index is -1.26. The summed E-state index contributed by atoms with van der Waals surface area (Å²) < 4.78 is 0. The van der Waals surface area contributed by atoms with Crippen molar-refractivity contribution in [1.82, 2.24) is 45.4 Å². The molecular formula is C54H63N11O8. The van der Waals surface area contributed by atoms with Crippen molar-refractivity contribution in [1.29, 1.82) is 5.41 Å². The molecule has 1 saturated heterocycles. The zero-order chi connectivity index (χ0) is 52.9. The maximum absolute atomic E-state index is 14.0. The van der Waals surface area contributed by atoms with Crippen molar-refractivity contribution in [2.75, 3.05) is 33.2 Å². The maximum atomic E-state index is 14.0. The van der Waals surface area contributed by atoms with Gasteiger partial charge in [0.1, 0.15) is 0 Å². The van der Waals surface area contributed by atoms with Crippen LogP contribution in [0.4, 0.5) is 0 Å². The van der Waals surface area contributed by atoms with Crippen LogP contribution < -0.4 is 16.4 Å². The molecule has 0 radical (unpaired) electrons. The van der Waals surface area contributed by atoms with Crippen LogP contribution in [0.3, 0.4) is 0 Å². The molecule has 0 saturated carbocycles. The average Bonchev–Trinajstić information content (AvgIpc) is 3.65. The number of pyridine rings is 4. The van der Waals surface area contributed by atoms with Gasteiger partial charge in [0.15, 0.2) is 0 Å². The predicted molar refractivity (Wildman–Crippen MR) is 273 cm³/mol. The number of rotatable bonds is 13. The van der Waals surface area contributed by atoms with Crippen LogP contribution in [0.15, 0.2) is 120 Å². The second-order valence-corrected chi connectivity index (χ2v) is 19.4. The molecule has 73 heavy (non-hydrogen) atoms. The number of carboxylic acids is 1. The number of amides is 4. The van der Waals surface area contributed by atoms with Gasteiger partial charge in [-0.1, -0.05) is 56.3 Å². The molecule has 4 aromatic heterocycles. The quantitative estimate of drug-likeness (QED) is 0.0831. The number of hydroxylamine groups is 2. The van der Waals surface area contributed by atoms with Crippen LogP contribution in [0.1, 0.15) is 76.2 Å². The van der Waals surface area contributed by atoms with Crippen LogP contribution in [0.5, 0.6) is 0 Å². The van der Waals surface area contributed by atoms with Gasteiger partial charge in [-0.2, -0.15) is 0 Å². The van der Waals surface area contributed by atoms with E-state index in [1.807, 2.05) is 91.7 Å². The molecule has 1 fully saturated rings. The third-order valence-electron chi connectivity index (χ3n) is 11.8. The summed E-state index contributed by atoms with van der Waals surface area (Å²) in [7, 11) is 1.82. The first-order chi connectivity index (χ1) is 34.6. The number of aliphatic carboxylic acids is 1. The Hall–Kier alpha value is -8.03. The summed E-state index contributed by atoms with van der Waals surface area (Å²) in [5.41, 5.74) is 10.7. The molecule has 0 atom stereocenters. The number of fused-ring (bicyclic) bond motifs is 5. The number of nitrogens with zero attached hydrogens (tertiary/aromatic N) is 7. The second kappa shape index (κ2) is 24.4. The number of carbonyl (C=O) groups is 6. The van der Waals surface area contributed by atoms with E-state index in [0.29, 0.717) is 47.5 Å². The van der Waals surface area contributed by atoms with E-state index in [4.69, 9.17) is 30.9 Å². The molecule has 4 aromatic rings. The van der Waals surface area contributed by atoms with Crippen molar-refractivity contribution in [2.24, 2.45) is 16.6 Å². The van der Waals surface area contributed by atoms with Crippen molar-refractivity contribution < 1.29 is 38.7 Å². The lowest BCUT2D eigenvalue weighted by Gasteiger charge is -2.32. The van der Waals surface area contributed by atoms with Gasteiger partial charge in [0, 0.05) is 86.7 Å². The fourth-order valence-electron chi connectivity index (χ4n) is 8.41. The topological polar surface area (TPSA) is 267 Å². The van der Waals surface area contributed by atoms with Gasteiger partial charge >= 0.3 is 11.9 Å². The number of aromatic nitrogens is 4. The van der Waals surface area contributed by atoms with Gasteiger partial charge in [-0.3, -0.25) is 34.0 Å². The number of imide groups is 1. The molecule has 0 aromatic carbocycles. The smallest absolute Gasteiger partial charge is 0.338 e. The lowest BCUT2D eigenvalue weighted by Crippen LogP contribution is -2.45. The third kappa shape index (κ3) is 15.7. The SMILES string of the molecule is Cc1cccc(-c2cccc(CN3C/C(N)=C/C(C(=O)NCCNC(=O)C(C)(C)CC(C)(C)C(=O)ON4C(=O)CCC4=O)=C\C/C=C/C(C(=O)O)=C\C(=N)CN(C)Cc4cccc(n4)-c4cccc(n4)C3)n2)n1. The Kier molecular flexibility index (Phi) is 18.1. The minimum absolute atomic E-state index is 0.00163. The Morgan fingerprint density at radius 3 is 1.97 bits per heavy atom. The largest absolute Gasteiger partial charge is 0.478 e. The van der Waals surface area contributed by atoms with Crippen LogP contribution in [-0.2, 0) is 53.2 Å².